The van der Waals surface area contributed by atoms with E-state index >= 15 is 0 Å². The van der Waals surface area contributed by atoms with E-state index in [0.717, 1.165) is 38.5 Å². The number of aliphatic hydroxyl groups is 2. The van der Waals surface area contributed by atoms with Gasteiger partial charge in [0.2, 0.25) is 29.5 Å². The third kappa shape index (κ3) is 11.7. The van der Waals surface area contributed by atoms with Crippen LogP contribution in [0.3, 0.4) is 0 Å². The van der Waals surface area contributed by atoms with Crippen LogP contribution in [0.5, 0.6) is 0 Å². The molecule has 0 bridgehead atoms. The molecule has 2 aliphatic rings. The van der Waals surface area contributed by atoms with Crippen molar-refractivity contribution in [2.75, 3.05) is 13.7 Å². The molecule has 0 aromatic carbocycles. The molecule has 1 saturated carbocycles. The Morgan fingerprint density at radius 1 is 0.812 bits per heavy atom. The minimum absolute atomic E-state index is 0.245. The number of nitrogens with one attached hydrogen (secondary N) is 4. The monoisotopic (exact) mass is 681 g/mol. The first-order chi connectivity index (χ1) is 22.8. The molecule has 0 spiro atoms. The fraction of sp³-hybridized carbons (Fsp3) is 0.824. The second-order valence-corrected chi connectivity index (χ2v) is 13.5. The van der Waals surface area contributed by atoms with E-state index in [1.165, 1.54) is 25.8 Å². The van der Waals surface area contributed by atoms with E-state index in [0.29, 0.717) is 38.5 Å². The summed E-state index contributed by atoms with van der Waals surface area (Å²) in [5, 5.41) is 30.6. The average Bonchev–Trinajstić information content (AvgIpc) is 3.06. The lowest BCUT2D eigenvalue weighted by atomic mass is 9.83. The van der Waals surface area contributed by atoms with Crippen LogP contribution in [-0.2, 0) is 33.5 Å². The van der Waals surface area contributed by atoms with E-state index in [1.807, 2.05) is 6.92 Å². The molecular weight excluding hydrogens is 622 g/mol. The second kappa shape index (κ2) is 20.3. The van der Waals surface area contributed by atoms with Crippen LogP contribution in [0.25, 0.3) is 0 Å². The number of rotatable bonds is 10. The number of hydrogen-bond donors (Lipinski definition) is 6. The van der Waals surface area contributed by atoms with Gasteiger partial charge in [-0.2, -0.15) is 0 Å². The van der Waals surface area contributed by atoms with Gasteiger partial charge >= 0.3 is 5.97 Å². The SMILES string of the molecule is CCCCCC[C@H]1OC(=O)[C@@H](C)NC(=O)[C@H]([C@H](C)O)NC(=O)[C@H](CO)NC(=O)[C@H](C2CCCCC2)NC(=O)[C@H](CCC)N(C)C(=O)[C@@H]1C. The minimum Gasteiger partial charge on any atom is -0.460 e. The van der Waals surface area contributed by atoms with Crippen LogP contribution in [0.1, 0.15) is 112 Å². The summed E-state index contributed by atoms with van der Waals surface area (Å²) in [6.45, 7) is 7.43. The Hall–Kier alpha value is -3.26. The zero-order valence-corrected chi connectivity index (χ0v) is 29.6. The zero-order chi connectivity index (χ0) is 36.0. The predicted molar refractivity (Wildman–Crippen MR) is 178 cm³/mol. The molecule has 0 unspecified atom stereocenters. The van der Waals surface area contributed by atoms with Crippen molar-refractivity contribution in [2.24, 2.45) is 11.8 Å². The third-order valence-electron chi connectivity index (χ3n) is 9.53. The Labute approximate surface area is 284 Å². The van der Waals surface area contributed by atoms with Gasteiger partial charge in [-0.3, -0.25) is 24.0 Å². The summed E-state index contributed by atoms with van der Waals surface area (Å²) in [6, 6.07) is -6.23. The van der Waals surface area contributed by atoms with Gasteiger partial charge in [-0.05, 0) is 51.9 Å². The smallest absolute Gasteiger partial charge is 0.328 e. The highest BCUT2D eigenvalue weighted by molar-refractivity contribution is 5.96. The standard InChI is InChI=1S/C34H59N5O9/c1-7-9-10-14-18-26-20(3)33(46)39(6)25(15-8-2)30(43)38-28(23-16-12-11-13-17-23)32(45)36-24(19-40)29(42)37-27(22(5)41)31(44)35-21(4)34(47)48-26/h20-28,40-41H,7-19H2,1-6H3,(H,35,44)(H,36,45)(H,37,42)(H,38,43)/t20-,21-,22+,24+,25+,26-,27+,28+/m1/s1. The zero-order valence-electron chi connectivity index (χ0n) is 29.6. The highest BCUT2D eigenvalue weighted by atomic mass is 16.5. The summed E-state index contributed by atoms with van der Waals surface area (Å²) in [4.78, 5) is 82.6. The van der Waals surface area contributed by atoms with Crippen molar-refractivity contribution in [1.29, 1.82) is 0 Å². The number of ether oxygens (including phenoxy) is 1. The maximum Gasteiger partial charge on any atom is 0.328 e. The van der Waals surface area contributed by atoms with Crippen LogP contribution in [0.15, 0.2) is 0 Å². The quantitative estimate of drug-likeness (QED) is 0.144. The maximum atomic E-state index is 13.9. The summed E-state index contributed by atoms with van der Waals surface area (Å²) in [5.41, 5.74) is 0. The lowest BCUT2D eigenvalue weighted by molar-refractivity contribution is -0.160. The number of esters is 1. The molecular formula is C34H59N5O9. The van der Waals surface area contributed by atoms with Gasteiger partial charge in [0.15, 0.2) is 0 Å². The van der Waals surface area contributed by atoms with Crippen molar-refractivity contribution in [3.05, 3.63) is 0 Å². The summed E-state index contributed by atoms with van der Waals surface area (Å²) in [6.07, 6.45) is 6.51. The Balaban J connectivity index is 2.57. The fourth-order valence-electron chi connectivity index (χ4n) is 6.43. The predicted octanol–water partition coefficient (Wildman–Crippen LogP) is 1.06. The normalized spacial score (nSPS) is 30.2. The van der Waals surface area contributed by atoms with Crippen LogP contribution >= 0.6 is 0 Å². The lowest BCUT2D eigenvalue weighted by Gasteiger charge is -2.35. The van der Waals surface area contributed by atoms with Gasteiger partial charge in [-0.25, -0.2) is 4.79 Å². The lowest BCUT2D eigenvalue weighted by Crippen LogP contribution is -2.62. The third-order valence-corrected chi connectivity index (χ3v) is 9.53. The van der Waals surface area contributed by atoms with E-state index < -0.39 is 90.4 Å². The minimum atomic E-state index is -1.54. The second-order valence-electron chi connectivity index (χ2n) is 13.5. The molecule has 14 heteroatoms. The number of hydrogen-bond acceptors (Lipinski definition) is 9. The van der Waals surface area contributed by atoms with Gasteiger partial charge < -0.3 is 41.1 Å². The van der Waals surface area contributed by atoms with Crippen LogP contribution < -0.4 is 21.3 Å². The van der Waals surface area contributed by atoms with Gasteiger partial charge in [-0.1, -0.05) is 65.7 Å². The summed E-state index contributed by atoms with van der Waals surface area (Å²) in [7, 11) is 1.53. The van der Waals surface area contributed by atoms with Crippen molar-refractivity contribution < 1.29 is 43.7 Å². The summed E-state index contributed by atoms with van der Waals surface area (Å²) >= 11 is 0. The van der Waals surface area contributed by atoms with E-state index in [2.05, 4.69) is 28.2 Å². The fourth-order valence-corrected chi connectivity index (χ4v) is 6.43. The van der Waals surface area contributed by atoms with Gasteiger partial charge in [-0.15, -0.1) is 0 Å². The van der Waals surface area contributed by atoms with Crippen LogP contribution in [-0.4, -0.2) is 107 Å². The van der Waals surface area contributed by atoms with Gasteiger partial charge in [0.25, 0.3) is 0 Å². The van der Waals surface area contributed by atoms with Crippen LogP contribution in [0, 0.1) is 11.8 Å². The topological polar surface area (TPSA) is 203 Å². The number of carbonyl (C=O) groups is 6. The van der Waals surface area contributed by atoms with E-state index in [4.69, 9.17) is 4.74 Å². The number of amides is 5. The molecule has 0 aromatic heterocycles. The van der Waals surface area contributed by atoms with Crippen molar-refractivity contribution in [1.82, 2.24) is 26.2 Å². The van der Waals surface area contributed by atoms with Gasteiger partial charge in [0, 0.05) is 7.05 Å². The largest absolute Gasteiger partial charge is 0.460 e. The molecule has 1 aliphatic carbocycles. The van der Waals surface area contributed by atoms with E-state index in [-0.39, 0.29) is 5.92 Å². The van der Waals surface area contributed by atoms with Gasteiger partial charge in [0.05, 0.1) is 18.6 Å². The molecule has 0 aromatic rings. The maximum absolute atomic E-state index is 13.9. The number of nitrogens with zero attached hydrogens (tertiary/aromatic N) is 1. The molecule has 48 heavy (non-hydrogen) atoms. The Kier molecular flexibility index (Phi) is 17.3. The van der Waals surface area contributed by atoms with Crippen LogP contribution in [0.2, 0.25) is 0 Å². The molecule has 1 aliphatic heterocycles. The van der Waals surface area contributed by atoms with Crippen molar-refractivity contribution in [3.8, 4) is 0 Å². The number of aliphatic hydroxyl groups excluding tert-OH is 2. The number of unbranched alkanes of at least 4 members (excludes halogenated alkanes) is 3. The molecule has 2 rings (SSSR count). The molecule has 274 valence electrons. The molecule has 6 N–H and O–H groups in total. The van der Waals surface area contributed by atoms with Crippen molar-refractivity contribution >= 4 is 35.5 Å². The molecule has 0 radical (unpaired) electrons. The Morgan fingerprint density at radius 2 is 1.48 bits per heavy atom. The van der Waals surface area contributed by atoms with Crippen LogP contribution in [0.4, 0.5) is 0 Å². The van der Waals surface area contributed by atoms with E-state index in [9.17, 15) is 39.0 Å². The highest BCUT2D eigenvalue weighted by Gasteiger charge is 2.39. The first kappa shape index (κ1) is 40.9. The molecule has 8 atom stereocenters. The number of likely N-dealkylation sites (N-methyl/N-ethyl adjacent to an activating group) is 1. The molecule has 2 fully saturated rings. The Bertz CT molecular complexity index is 1100. The molecule has 14 nitrogen and oxygen atoms in total. The first-order valence-electron chi connectivity index (χ1n) is 17.7. The Morgan fingerprint density at radius 3 is 2.06 bits per heavy atom. The van der Waals surface area contributed by atoms with Crippen molar-refractivity contribution in [2.45, 2.75) is 154 Å². The van der Waals surface area contributed by atoms with Crippen molar-refractivity contribution in [3.63, 3.8) is 0 Å². The van der Waals surface area contributed by atoms with E-state index in [1.54, 1.807) is 6.92 Å². The molecule has 1 saturated heterocycles. The summed E-state index contributed by atoms with van der Waals surface area (Å²) in [5.74, 6) is -5.32. The first-order valence-corrected chi connectivity index (χ1v) is 17.7. The summed E-state index contributed by atoms with van der Waals surface area (Å²) < 4.78 is 5.83. The number of cyclic esters (lactones) is 1. The number of carbonyl (C=O) groups excluding carboxylic acids is 6. The highest BCUT2D eigenvalue weighted by Crippen LogP contribution is 2.27. The van der Waals surface area contributed by atoms with Gasteiger partial charge in [0.1, 0.15) is 36.3 Å². The molecule has 5 amide bonds. The molecule has 1 heterocycles. The average molecular weight is 682 g/mol.